The van der Waals surface area contributed by atoms with E-state index in [4.69, 9.17) is 14.2 Å². The zero-order valence-electron chi connectivity index (χ0n) is 22.9. The number of hydrogen-bond donors (Lipinski definition) is 2. The van der Waals surface area contributed by atoms with Gasteiger partial charge in [-0.1, -0.05) is 30.0 Å². The normalized spacial score (nSPS) is 18.7. The number of carbonyl (C=O) groups excluding carboxylic acids is 2. The number of carbonyl (C=O) groups is 2. The molecule has 2 amide bonds. The number of aromatic amines is 1. The first-order chi connectivity index (χ1) is 19.1. The number of fused-ring (bicyclic) bond motifs is 6. The second-order valence-electron chi connectivity index (χ2n) is 9.52. The predicted molar refractivity (Wildman–Crippen MR) is 166 cm³/mol. The van der Waals surface area contributed by atoms with Crippen molar-refractivity contribution in [3.63, 3.8) is 0 Å². The Morgan fingerprint density at radius 2 is 1.85 bits per heavy atom. The van der Waals surface area contributed by atoms with Crippen molar-refractivity contribution in [1.29, 1.82) is 0 Å². The van der Waals surface area contributed by atoms with E-state index in [1.807, 2.05) is 48.5 Å². The standard InChI is InChI=1S/C30H32N4O5.2H2S/c1-37-30(36)33-25-20-38-16-5-6-17-39-27-18-22(12-11-21-8-3-2-4-9-21)13-14-23(27)24-19-31-28(32-24)26-10-7-15-34(26)29(25)35;;/h2-4,8-9,13-14,18-19,25-26H,5-7,10,15-17,20H2,1H3,(H,31,32)(H,33,36);2*1H2/t25-,26-;;/m0../s1. The molecule has 2 N–H and O–H groups in total. The molecule has 41 heavy (non-hydrogen) atoms. The molecule has 2 aromatic carbocycles. The van der Waals surface area contributed by atoms with E-state index >= 15 is 0 Å². The molecule has 2 aliphatic rings. The van der Waals surface area contributed by atoms with Crippen molar-refractivity contribution in [2.75, 3.05) is 33.5 Å². The first-order valence-corrected chi connectivity index (χ1v) is 13.2. The second kappa shape index (κ2) is 15.4. The van der Waals surface area contributed by atoms with Gasteiger partial charge in [0.1, 0.15) is 17.6 Å². The number of H-pyrrole nitrogens is 1. The minimum atomic E-state index is -0.840. The Morgan fingerprint density at radius 3 is 2.66 bits per heavy atom. The highest BCUT2D eigenvalue weighted by molar-refractivity contribution is 7.59. The SMILES string of the molecule is COC(=O)N[C@H]1COCCCCOc2cc(C#Cc3ccccc3)ccc2-c2cnc([nH]2)[C@@H]2CCCN2C1=O.S.S. The van der Waals surface area contributed by atoms with Gasteiger partial charge in [0.2, 0.25) is 5.91 Å². The molecule has 1 saturated heterocycles. The van der Waals surface area contributed by atoms with Crippen LogP contribution in [0.25, 0.3) is 11.3 Å². The van der Waals surface area contributed by atoms with Gasteiger partial charge in [-0.3, -0.25) is 4.79 Å². The van der Waals surface area contributed by atoms with E-state index in [0.29, 0.717) is 25.6 Å². The van der Waals surface area contributed by atoms with Crippen LogP contribution in [-0.2, 0) is 14.3 Å². The number of rotatable bonds is 1. The Bertz CT molecular complexity index is 1370. The lowest BCUT2D eigenvalue weighted by molar-refractivity contribution is -0.136. The number of methoxy groups -OCH3 is 1. The van der Waals surface area contributed by atoms with Gasteiger partial charge >= 0.3 is 6.09 Å². The maximum atomic E-state index is 13.5. The molecule has 0 radical (unpaired) electrons. The average molecular weight is 597 g/mol. The molecule has 0 saturated carbocycles. The van der Waals surface area contributed by atoms with Crippen LogP contribution < -0.4 is 10.1 Å². The molecule has 2 atom stereocenters. The highest BCUT2D eigenvalue weighted by atomic mass is 32.1. The number of amides is 2. The summed E-state index contributed by atoms with van der Waals surface area (Å²) < 4.78 is 16.8. The maximum Gasteiger partial charge on any atom is 0.407 e. The molecule has 3 aromatic rings. The fourth-order valence-electron chi connectivity index (χ4n) is 4.83. The summed E-state index contributed by atoms with van der Waals surface area (Å²) in [7, 11) is 1.27. The molecule has 3 heterocycles. The zero-order chi connectivity index (χ0) is 27.0. The largest absolute Gasteiger partial charge is 0.493 e. The van der Waals surface area contributed by atoms with Crippen LogP contribution in [0.2, 0.25) is 0 Å². The third-order valence-electron chi connectivity index (χ3n) is 6.84. The summed E-state index contributed by atoms with van der Waals surface area (Å²) in [5.74, 6) is 7.64. The first kappa shape index (κ1) is 31.9. The van der Waals surface area contributed by atoms with Gasteiger partial charge in [0.25, 0.3) is 0 Å². The predicted octanol–water partition coefficient (Wildman–Crippen LogP) is 4.28. The van der Waals surface area contributed by atoms with E-state index in [1.54, 1.807) is 11.1 Å². The number of imidazole rings is 1. The lowest BCUT2D eigenvalue weighted by atomic mass is 10.1. The average Bonchev–Trinajstić information content (AvgIpc) is 3.65. The molecular weight excluding hydrogens is 560 g/mol. The highest BCUT2D eigenvalue weighted by Gasteiger charge is 2.36. The van der Waals surface area contributed by atoms with E-state index in [9.17, 15) is 9.59 Å². The fraction of sp³-hybridized carbons (Fsp3) is 0.367. The Hall–Kier alpha value is -3.59. The van der Waals surface area contributed by atoms with Crippen LogP contribution >= 0.6 is 27.0 Å². The van der Waals surface area contributed by atoms with Crippen molar-refractivity contribution in [3.8, 4) is 28.8 Å². The van der Waals surface area contributed by atoms with Gasteiger partial charge in [0.05, 0.1) is 38.3 Å². The summed E-state index contributed by atoms with van der Waals surface area (Å²) in [6, 6.07) is 14.7. The second-order valence-corrected chi connectivity index (χ2v) is 9.52. The summed E-state index contributed by atoms with van der Waals surface area (Å²) >= 11 is 0. The number of hydrogen-bond acceptors (Lipinski definition) is 6. The number of aromatic nitrogens is 2. The smallest absolute Gasteiger partial charge is 0.407 e. The number of nitrogens with one attached hydrogen (secondary N) is 2. The van der Waals surface area contributed by atoms with Crippen LogP contribution in [0.15, 0.2) is 54.7 Å². The summed E-state index contributed by atoms with van der Waals surface area (Å²) in [6.07, 6.45) is 4.20. The minimum Gasteiger partial charge on any atom is -0.493 e. The van der Waals surface area contributed by atoms with Crippen molar-refractivity contribution in [1.82, 2.24) is 20.2 Å². The number of benzene rings is 2. The first-order valence-electron chi connectivity index (χ1n) is 13.2. The lowest BCUT2D eigenvalue weighted by Crippen LogP contribution is -2.50. The fourth-order valence-corrected chi connectivity index (χ4v) is 4.83. The van der Waals surface area contributed by atoms with Crippen LogP contribution in [0.4, 0.5) is 4.79 Å². The Balaban J connectivity index is 0.00000231. The highest BCUT2D eigenvalue weighted by Crippen LogP contribution is 2.35. The molecule has 0 aliphatic carbocycles. The number of nitrogens with zero attached hydrogens (tertiary/aromatic N) is 2. The molecule has 0 unspecified atom stereocenters. The topological polar surface area (TPSA) is 106 Å². The van der Waals surface area contributed by atoms with Gasteiger partial charge in [0, 0.05) is 29.8 Å². The molecular formula is C30H36N4O5S2. The van der Waals surface area contributed by atoms with Crippen LogP contribution in [0, 0.1) is 11.8 Å². The zero-order valence-corrected chi connectivity index (χ0v) is 24.9. The lowest BCUT2D eigenvalue weighted by Gasteiger charge is -2.28. The Morgan fingerprint density at radius 1 is 1.07 bits per heavy atom. The van der Waals surface area contributed by atoms with Gasteiger partial charge in [0.15, 0.2) is 0 Å². The molecule has 2 bridgehead atoms. The molecule has 9 nitrogen and oxygen atoms in total. The molecule has 1 aromatic heterocycles. The van der Waals surface area contributed by atoms with Crippen molar-refractivity contribution >= 4 is 39.0 Å². The van der Waals surface area contributed by atoms with Gasteiger partial charge in [-0.15, -0.1) is 0 Å². The Labute approximate surface area is 254 Å². The Kier molecular flexibility index (Phi) is 12.0. The summed E-state index contributed by atoms with van der Waals surface area (Å²) in [5, 5.41) is 2.63. The molecule has 0 spiro atoms. The maximum absolute atomic E-state index is 13.5. The summed E-state index contributed by atoms with van der Waals surface area (Å²) in [6.45, 7) is 1.57. The van der Waals surface area contributed by atoms with Gasteiger partial charge < -0.3 is 29.4 Å². The van der Waals surface area contributed by atoms with Crippen molar-refractivity contribution in [3.05, 3.63) is 71.7 Å². The molecule has 218 valence electrons. The van der Waals surface area contributed by atoms with Crippen LogP contribution in [-0.4, -0.2) is 66.4 Å². The number of ether oxygens (including phenoxy) is 3. The molecule has 2 aliphatic heterocycles. The van der Waals surface area contributed by atoms with Crippen LogP contribution in [0.5, 0.6) is 5.75 Å². The quantitative estimate of drug-likeness (QED) is 0.407. The van der Waals surface area contributed by atoms with Crippen molar-refractivity contribution in [2.24, 2.45) is 0 Å². The summed E-state index contributed by atoms with van der Waals surface area (Å²) in [5.41, 5.74) is 3.49. The van der Waals surface area contributed by atoms with E-state index in [2.05, 4.69) is 27.1 Å². The van der Waals surface area contributed by atoms with Gasteiger partial charge in [-0.05, 0) is 56.0 Å². The minimum absolute atomic E-state index is 0. The molecule has 1 fully saturated rings. The van der Waals surface area contributed by atoms with Crippen LogP contribution in [0.1, 0.15) is 48.7 Å². The monoisotopic (exact) mass is 596 g/mol. The van der Waals surface area contributed by atoms with Gasteiger partial charge in [-0.2, -0.15) is 27.0 Å². The van der Waals surface area contributed by atoms with Crippen molar-refractivity contribution < 1.29 is 23.8 Å². The van der Waals surface area contributed by atoms with Crippen molar-refractivity contribution in [2.45, 2.75) is 37.8 Å². The van der Waals surface area contributed by atoms with E-state index in [1.165, 1.54) is 7.11 Å². The van der Waals surface area contributed by atoms with E-state index in [0.717, 1.165) is 53.8 Å². The van der Waals surface area contributed by atoms with E-state index in [-0.39, 0.29) is 45.5 Å². The third-order valence-corrected chi connectivity index (χ3v) is 6.84. The van der Waals surface area contributed by atoms with Crippen LogP contribution in [0.3, 0.4) is 0 Å². The van der Waals surface area contributed by atoms with E-state index < -0.39 is 12.1 Å². The number of alkyl carbamates (subject to hydrolysis) is 1. The van der Waals surface area contributed by atoms with Gasteiger partial charge in [-0.25, -0.2) is 9.78 Å². The molecule has 11 heteroatoms. The summed E-state index contributed by atoms with van der Waals surface area (Å²) in [4.78, 5) is 35.2. The third kappa shape index (κ3) is 8.00. The molecule has 5 rings (SSSR count).